The number of nitro groups is 1. The molecule has 1 fully saturated rings. The number of nitrogens with one attached hydrogen (secondary N) is 1. The van der Waals surface area contributed by atoms with Crippen molar-refractivity contribution >= 4 is 11.4 Å². The van der Waals surface area contributed by atoms with E-state index in [1.165, 1.54) is 13.5 Å². The highest BCUT2D eigenvalue weighted by atomic mass is 16.6. The van der Waals surface area contributed by atoms with Gasteiger partial charge in [0.05, 0.1) is 12.0 Å². The Morgan fingerprint density at radius 1 is 1.56 bits per heavy atom. The molecule has 0 amide bonds. The zero-order valence-electron chi connectivity index (χ0n) is 10.7. The van der Waals surface area contributed by atoms with Crippen molar-refractivity contribution in [2.24, 2.45) is 5.92 Å². The Kier molecular flexibility index (Phi) is 3.69. The third-order valence-electron chi connectivity index (χ3n) is 3.32. The standard InChI is InChI=1S/C13H18N2O3/c1-3-5-9-8-11(9)14-10-6-4-7-12(18-2)13(10)15(16)17/h4,6-7,9,11,14H,3,5,8H2,1-2H3. The highest BCUT2D eigenvalue weighted by Gasteiger charge is 2.37. The minimum absolute atomic E-state index is 0.0298. The summed E-state index contributed by atoms with van der Waals surface area (Å²) in [7, 11) is 1.45. The Hall–Kier alpha value is -1.78. The first-order valence-electron chi connectivity index (χ1n) is 6.25. The molecule has 1 saturated carbocycles. The smallest absolute Gasteiger partial charge is 0.333 e. The Morgan fingerprint density at radius 3 is 2.94 bits per heavy atom. The lowest BCUT2D eigenvalue weighted by molar-refractivity contribution is -0.384. The summed E-state index contributed by atoms with van der Waals surface area (Å²) in [5.74, 6) is 0.957. The highest BCUT2D eigenvalue weighted by Crippen LogP contribution is 2.41. The van der Waals surface area contributed by atoms with Gasteiger partial charge in [-0.2, -0.15) is 0 Å². The van der Waals surface area contributed by atoms with Crippen molar-refractivity contribution in [1.29, 1.82) is 0 Å². The van der Waals surface area contributed by atoms with Crippen LogP contribution in [0.25, 0.3) is 0 Å². The minimum atomic E-state index is -0.391. The first-order chi connectivity index (χ1) is 8.67. The summed E-state index contributed by atoms with van der Waals surface area (Å²) in [5.41, 5.74) is 0.588. The van der Waals surface area contributed by atoms with E-state index in [1.807, 2.05) is 0 Å². The molecule has 2 unspecified atom stereocenters. The molecule has 2 rings (SSSR count). The molecule has 0 aromatic heterocycles. The molecule has 0 aliphatic heterocycles. The molecule has 5 heteroatoms. The van der Waals surface area contributed by atoms with Gasteiger partial charge in [-0.1, -0.05) is 19.4 Å². The van der Waals surface area contributed by atoms with Crippen LogP contribution in [0, 0.1) is 16.0 Å². The molecule has 0 bridgehead atoms. The predicted molar refractivity (Wildman–Crippen MR) is 70.1 cm³/mol. The fraction of sp³-hybridized carbons (Fsp3) is 0.538. The molecule has 0 spiro atoms. The van der Waals surface area contributed by atoms with E-state index >= 15 is 0 Å². The van der Waals surface area contributed by atoms with Crippen LogP contribution in [0.2, 0.25) is 0 Å². The lowest BCUT2D eigenvalue weighted by Gasteiger charge is -2.09. The van der Waals surface area contributed by atoms with Crippen LogP contribution < -0.4 is 10.1 Å². The molecule has 1 aromatic rings. The van der Waals surface area contributed by atoms with Crippen molar-refractivity contribution in [2.45, 2.75) is 32.2 Å². The summed E-state index contributed by atoms with van der Waals surface area (Å²) in [6, 6.07) is 5.49. The van der Waals surface area contributed by atoms with Crippen molar-refractivity contribution in [1.82, 2.24) is 0 Å². The number of methoxy groups -OCH3 is 1. The fourth-order valence-electron chi connectivity index (χ4n) is 2.31. The topological polar surface area (TPSA) is 64.4 Å². The number of ether oxygens (including phenoxy) is 1. The van der Waals surface area contributed by atoms with E-state index in [1.54, 1.807) is 18.2 Å². The van der Waals surface area contributed by atoms with Gasteiger partial charge in [-0.25, -0.2) is 0 Å². The number of rotatable bonds is 6. The summed E-state index contributed by atoms with van der Waals surface area (Å²) in [6.07, 6.45) is 3.43. The third kappa shape index (κ3) is 2.55. The summed E-state index contributed by atoms with van der Waals surface area (Å²) in [4.78, 5) is 10.7. The van der Waals surface area contributed by atoms with Crippen LogP contribution in [0.3, 0.4) is 0 Å². The van der Waals surface area contributed by atoms with E-state index in [4.69, 9.17) is 4.74 Å². The van der Waals surface area contributed by atoms with Crippen LogP contribution in [-0.4, -0.2) is 18.1 Å². The Bertz CT molecular complexity index is 448. The lowest BCUT2D eigenvalue weighted by atomic mass is 10.2. The van der Waals surface area contributed by atoms with Gasteiger partial charge in [0.25, 0.3) is 0 Å². The van der Waals surface area contributed by atoms with Gasteiger partial charge < -0.3 is 10.1 Å². The van der Waals surface area contributed by atoms with Crippen molar-refractivity contribution < 1.29 is 9.66 Å². The Morgan fingerprint density at radius 2 is 2.33 bits per heavy atom. The van der Waals surface area contributed by atoms with Crippen molar-refractivity contribution in [2.75, 3.05) is 12.4 Å². The average Bonchev–Trinajstić information content (AvgIpc) is 3.07. The van der Waals surface area contributed by atoms with Gasteiger partial charge in [-0.15, -0.1) is 0 Å². The lowest BCUT2D eigenvalue weighted by Crippen LogP contribution is -2.07. The van der Waals surface area contributed by atoms with Crippen LogP contribution in [0.4, 0.5) is 11.4 Å². The molecule has 2 atom stereocenters. The molecule has 18 heavy (non-hydrogen) atoms. The highest BCUT2D eigenvalue weighted by molar-refractivity contribution is 5.69. The molecule has 1 N–H and O–H groups in total. The maximum absolute atomic E-state index is 11.1. The minimum Gasteiger partial charge on any atom is -0.490 e. The quantitative estimate of drug-likeness (QED) is 0.622. The molecule has 1 aromatic carbocycles. The second-order valence-electron chi connectivity index (χ2n) is 4.65. The number of nitro benzene ring substituents is 1. The van der Waals surface area contributed by atoms with Crippen LogP contribution in [0.15, 0.2) is 18.2 Å². The molecule has 1 aliphatic carbocycles. The van der Waals surface area contributed by atoms with Crippen molar-refractivity contribution in [3.8, 4) is 5.75 Å². The second-order valence-corrected chi connectivity index (χ2v) is 4.65. The van der Waals surface area contributed by atoms with Crippen LogP contribution in [0.1, 0.15) is 26.2 Å². The SMILES string of the molecule is CCCC1CC1Nc1cccc(OC)c1[N+](=O)[O-]. The van der Waals surface area contributed by atoms with Gasteiger partial charge >= 0.3 is 5.69 Å². The Balaban J connectivity index is 2.15. The van der Waals surface area contributed by atoms with Gasteiger partial charge in [-0.3, -0.25) is 10.1 Å². The number of hydrogen-bond donors (Lipinski definition) is 1. The van der Waals surface area contributed by atoms with Crippen molar-refractivity contribution in [3.05, 3.63) is 28.3 Å². The van der Waals surface area contributed by atoms with Crippen molar-refractivity contribution in [3.63, 3.8) is 0 Å². The largest absolute Gasteiger partial charge is 0.490 e. The van der Waals surface area contributed by atoms with Gasteiger partial charge in [0.15, 0.2) is 5.75 Å². The first kappa shape index (κ1) is 12.7. The van der Waals surface area contributed by atoms with Crippen LogP contribution in [-0.2, 0) is 0 Å². The Labute approximate surface area is 106 Å². The number of anilines is 1. The summed E-state index contributed by atoms with van der Waals surface area (Å²) >= 11 is 0. The van der Waals surface area contributed by atoms with E-state index in [9.17, 15) is 10.1 Å². The zero-order valence-corrected chi connectivity index (χ0v) is 10.7. The molecule has 0 radical (unpaired) electrons. The maximum Gasteiger partial charge on any atom is 0.333 e. The average molecular weight is 250 g/mol. The maximum atomic E-state index is 11.1. The number of para-hydroxylation sites is 1. The van der Waals surface area contributed by atoms with E-state index in [-0.39, 0.29) is 5.69 Å². The number of benzene rings is 1. The molecular weight excluding hydrogens is 232 g/mol. The van der Waals surface area contributed by atoms with E-state index in [0.717, 1.165) is 12.8 Å². The molecular formula is C13H18N2O3. The molecule has 0 saturated heterocycles. The van der Waals surface area contributed by atoms with Crippen LogP contribution in [0.5, 0.6) is 5.75 Å². The van der Waals surface area contributed by atoms with Gasteiger partial charge in [0.2, 0.25) is 0 Å². The molecule has 98 valence electrons. The second kappa shape index (κ2) is 5.25. The van der Waals surface area contributed by atoms with E-state index in [0.29, 0.717) is 23.4 Å². The summed E-state index contributed by atoms with van der Waals surface area (Å²) in [6.45, 7) is 2.16. The summed E-state index contributed by atoms with van der Waals surface area (Å²) in [5, 5.41) is 14.3. The van der Waals surface area contributed by atoms with Gasteiger partial charge in [0.1, 0.15) is 5.69 Å². The van der Waals surface area contributed by atoms with Gasteiger partial charge in [0, 0.05) is 6.04 Å². The number of hydrogen-bond acceptors (Lipinski definition) is 4. The molecule has 0 heterocycles. The molecule has 1 aliphatic rings. The van der Waals surface area contributed by atoms with Crippen LogP contribution >= 0.6 is 0 Å². The molecule has 5 nitrogen and oxygen atoms in total. The predicted octanol–water partition coefficient (Wildman–Crippen LogP) is 3.20. The third-order valence-corrected chi connectivity index (χ3v) is 3.32. The van der Waals surface area contributed by atoms with E-state index < -0.39 is 4.92 Å². The summed E-state index contributed by atoms with van der Waals surface area (Å²) < 4.78 is 5.04. The zero-order chi connectivity index (χ0) is 13.1. The monoisotopic (exact) mass is 250 g/mol. The normalized spacial score (nSPS) is 21.4. The fourth-order valence-corrected chi connectivity index (χ4v) is 2.31. The van der Waals surface area contributed by atoms with Gasteiger partial charge in [-0.05, 0) is 30.9 Å². The number of nitrogens with zero attached hydrogens (tertiary/aromatic N) is 1. The first-order valence-corrected chi connectivity index (χ1v) is 6.25. The van der Waals surface area contributed by atoms with E-state index in [2.05, 4.69) is 12.2 Å².